The minimum atomic E-state index is 0.414. The topological polar surface area (TPSA) is 94.5 Å². The van der Waals surface area contributed by atoms with Crippen molar-refractivity contribution in [2.45, 2.75) is 6.54 Å². The number of nitrogens with zero attached hydrogens (tertiary/aromatic N) is 5. The lowest BCUT2D eigenvalue weighted by Crippen LogP contribution is -2.07. The van der Waals surface area contributed by atoms with Crippen molar-refractivity contribution in [1.29, 1.82) is 0 Å². The van der Waals surface area contributed by atoms with E-state index >= 15 is 0 Å². The number of nitrogen functional groups attached to an aromatic ring is 1. The highest BCUT2D eigenvalue weighted by molar-refractivity contribution is 5.70. The molecule has 7 nitrogen and oxygen atoms in total. The van der Waals surface area contributed by atoms with Gasteiger partial charge in [0.05, 0.1) is 23.5 Å². The standard InChI is InChI=1S/C14H15N7/c1-21-12(5-7-19-21)11-9-18-14(20-13(11)15)17-8-10-4-2-3-6-16-10/h2-7,9H,8H2,1H3,(H3,15,17,18,20). The van der Waals surface area contributed by atoms with Gasteiger partial charge < -0.3 is 11.1 Å². The van der Waals surface area contributed by atoms with Crippen LogP contribution in [-0.2, 0) is 13.6 Å². The van der Waals surface area contributed by atoms with Crippen LogP contribution in [0.4, 0.5) is 11.8 Å². The Bertz CT molecular complexity index is 736. The molecule has 7 heteroatoms. The Kier molecular flexibility index (Phi) is 3.46. The molecule has 0 aliphatic carbocycles. The molecule has 0 fully saturated rings. The summed E-state index contributed by atoms with van der Waals surface area (Å²) in [5.41, 5.74) is 8.56. The molecular weight excluding hydrogens is 266 g/mol. The van der Waals surface area contributed by atoms with Gasteiger partial charge in [-0.05, 0) is 18.2 Å². The van der Waals surface area contributed by atoms with E-state index in [-0.39, 0.29) is 0 Å². The third kappa shape index (κ3) is 2.81. The summed E-state index contributed by atoms with van der Waals surface area (Å²) >= 11 is 0. The van der Waals surface area contributed by atoms with Crippen molar-refractivity contribution in [3.05, 3.63) is 48.5 Å². The third-order valence-corrected chi connectivity index (χ3v) is 3.07. The van der Waals surface area contributed by atoms with Crippen LogP contribution >= 0.6 is 0 Å². The van der Waals surface area contributed by atoms with Gasteiger partial charge in [-0.3, -0.25) is 9.67 Å². The van der Waals surface area contributed by atoms with Gasteiger partial charge in [-0.2, -0.15) is 10.1 Å². The fourth-order valence-corrected chi connectivity index (χ4v) is 1.99. The Morgan fingerprint density at radius 3 is 2.76 bits per heavy atom. The Morgan fingerprint density at radius 1 is 1.19 bits per heavy atom. The lowest BCUT2D eigenvalue weighted by molar-refractivity contribution is 0.775. The van der Waals surface area contributed by atoms with Crippen molar-refractivity contribution in [2.75, 3.05) is 11.1 Å². The molecule has 0 saturated carbocycles. The molecule has 0 aliphatic heterocycles. The zero-order valence-corrected chi connectivity index (χ0v) is 11.6. The highest BCUT2D eigenvalue weighted by Crippen LogP contribution is 2.23. The maximum Gasteiger partial charge on any atom is 0.224 e. The van der Waals surface area contributed by atoms with Gasteiger partial charge in [0.2, 0.25) is 5.95 Å². The van der Waals surface area contributed by atoms with E-state index in [1.54, 1.807) is 23.3 Å². The highest BCUT2D eigenvalue weighted by atomic mass is 15.3. The van der Waals surface area contributed by atoms with E-state index in [4.69, 9.17) is 5.73 Å². The van der Waals surface area contributed by atoms with Crippen LogP contribution in [0.5, 0.6) is 0 Å². The Labute approximate surface area is 121 Å². The second-order valence-corrected chi connectivity index (χ2v) is 4.51. The summed E-state index contributed by atoms with van der Waals surface area (Å²) < 4.78 is 1.73. The molecule has 0 saturated heterocycles. The van der Waals surface area contributed by atoms with Crippen molar-refractivity contribution >= 4 is 11.8 Å². The van der Waals surface area contributed by atoms with Gasteiger partial charge in [0.15, 0.2) is 0 Å². The van der Waals surface area contributed by atoms with Gasteiger partial charge in [0.1, 0.15) is 5.82 Å². The fourth-order valence-electron chi connectivity index (χ4n) is 1.99. The molecule has 0 unspecified atom stereocenters. The van der Waals surface area contributed by atoms with Crippen LogP contribution in [0.2, 0.25) is 0 Å². The molecule has 0 spiro atoms. The molecule has 0 radical (unpaired) electrons. The van der Waals surface area contributed by atoms with Crippen molar-refractivity contribution in [3.63, 3.8) is 0 Å². The summed E-state index contributed by atoms with van der Waals surface area (Å²) in [7, 11) is 1.85. The largest absolute Gasteiger partial charge is 0.383 e. The Hall–Kier alpha value is -2.96. The number of nitrogens with one attached hydrogen (secondary N) is 1. The minimum absolute atomic E-state index is 0.414. The van der Waals surface area contributed by atoms with Gasteiger partial charge in [0.25, 0.3) is 0 Å². The fraction of sp³-hybridized carbons (Fsp3) is 0.143. The Morgan fingerprint density at radius 2 is 2.10 bits per heavy atom. The number of aromatic nitrogens is 5. The number of hydrogen-bond acceptors (Lipinski definition) is 6. The Balaban J connectivity index is 1.77. The monoisotopic (exact) mass is 281 g/mol. The van der Waals surface area contributed by atoms with Crippen LogP contribution in [-0.4, -0.2) is 24.7 Å². The van der Waals surface area contributed by atoms with Crippen LogP contribution in [0.1, 0.15) is 5.69 Å². The summed E-state index contributed by atoms with van der Waals surface area (Å²) in [5, 5.41) is 7.22. The number of pyridine rings is 1. The highest BCUT2D eigenvalue weighted by Gasteiger charge is 2.09. The van der Waals surface area contributed by atoms with E-state index in [0.717, 1.165) is 17.0 Å². The third-order valence-electron chi connectivity index (χ3n) is 3.07. The summed E-state index contributed by atoms with van der Waals surface area (Å²) in [4.78, 5) is 12.8. The van der Waals surface area contributed by atoms with Crippen LogP contribution in [0.15, 0.2) is 42.9 Å². The second kappa shape index (κ2) is 5.58. The molecule has 3 aromatic rings. The van der Waals surface area contributed by atoms with Gasteiger partial charge in [-0.1, -0.05) is 6.07 Å². The first-order valence-electron chi connectivity index (χ1n) is 6.48. The maximum atomic E-state index is 6.00. The predicted molar refractivity (Wildman–Crippen MR) is 80.2 cm³/mol. The van der Waals surface area contributed by atoms with Crippen LogP contribution in [0.25, 0.3) is 11.3 Å². The average molecular weight is 281 g/mol. The van der Waals surface area contributed by atoms with Crippen LogP contribution in [0, 0.1) is 0 Å². The number of hydrogen-bond donors (Lipinski definition) is 2. The van der Waals surface area contributed by atoms with E-state index in [2.05, 4.69) is 25.4 Å². The normalized spacial score (nSPS) is 10.5. The predicted octanol–water partition coefficient (Wildman–Crippen LogP) is 1.47. The molecule has 0 atom stereocenters. The lowest BCUT2D eigenvalue weighted by atomic mass is 10.2. The lowest BCUT2D eigenvalue weighted by Gasteiger charge is -2.08. The molecule has 106 valence electrons. The minimum Gasteiger partial charge on any atom is -0.383 e. The SMILES string of the molecule is Cn1nccc1-c1cnc(NCc2ccccn2)nc1N. The molecular formula is C14H15N7. The molecule has 0 aliphatic rings. The van der Waals surface area contributed by atoms with Gasteiger partial charge in [-0.25, -0.2) is 4.98 Å². The summed E-state index contributed by atoms with van der Waals surface area (Å²) in [6.07, 6.45) is 5.15. The van der Waals surface area contributed by atoms with E-state index in [1.807, 2.05) is 31.3 Å². The van der Waals surface area contributed by atoms with Crippen molar-refractivity contribution < 1.29 is 0 Å². The van der Waals surface area contributed by atoms with Gasteiger partial charge in [-0.15, -0.1) is 0 Å². The summed E-state index contributed by atoms with van der Waals surface area (Å²) in [6.45, 7) is 0.547. The van der Waals surface area contributed by atoms with Crippen LogP contribution < -0.4 is 11.1 Å². The van der Waals surface area contributed by atoms with E-state index in [9.17, 15) is 0 Å². The second-order valence-electron chi connectivity index (χ2n) is 4.51. The zero-order chi connectivity index (χ0) is 14.7. The van der Waals surface area contributed by atoms with Crippen molar-refractivity contribution in [2.24, 2.45) is 7.05 Å². The molecule has 0 amide bonds. The zero-order valence-electron chi connectivity index (χ0n) is 11.6. The van der Waals surface area contributed by atoms with Crippen LogP contribution in [0.3, 0.4) is 0 Å². The van der Waals surface area contributed by atoms with E-state index in [1.165, 1.54) is 0 Å². The number of rotatable bonds is 4. The van der Waals surface area contributed by atoms with Gasteiger partial charge >= 0.3 is 0 Å². The smallest absolute Gasteiger partial charge is 0.224 e. The number of anilines is 2. The quantitative estimate of drug-likeness (QED) is 0.752. The first kappa shape index (κ1) is 13.0. The molecule has 3 heterocycles. The molecule has 0 aromatic carbocycles. The van der Waals surface area contributed by atoms with E-state index < -0.39 is 0 Å². The molecule has 21 heavy (non-hydrogen) atoms. The maximum absolute atomic E-state index is 6.00. The number of aryl methyl sites for hydroxylation is 1. The molecule has 0 bridgehead atoms. The van der Waals surface area contributed by atoms with Crippen molar-refractivity contribution in [3.8, 4) is 11.3 Å². The average Bonchev–Trinajstić information content (AvgIpc) is 2.92. The first-order chi connectivity index (χ1) is 10.2. The summed E-state index contributed by atoms with van der Waals surface area (Å²) in [5.74, 6) is 0.890. The molecule has 3 rings (SSSR count). The van der Waals surface area contributed by atoms with E-state index in [0.29, 0.717) is 18.3 Å². The summed E-state index contributed by atoms with van der Waals surface area (Å²) in [6, 6.07) is 7.61. The van der Waals surface area contributed by atoms with Crippen molar-refractivity contribution in [1.82, 2.24) is 24.7 Å². The number of nitrogens with two attached hydrogens (primary N) is 1. The first-order valence-corrected chi connectivity index (χ1v) is 6.48. The van der Waals surface area contributed by atoms with Gasteiger partial charge in [0, 0.05) is 25.6 Å². The molecule has 3 aromatic heterocycles. The molecule has 3 N–H and O–H groups in total.